The Kier molecular flexibility index (Phi) is 6.64. The van der Waals surface area contributed by atoms with Crippen LogP contribution in [0.3, 0.4) is 0 Å². The third-order valence-corrected chi connectivity index (χ3v) is 4.73. The SMILES string of the molecule is CCCOc1c(Cl)cc(/C=C2\C(=O)NC(=O)N(c3ccc(Cl)cc3)C2=O)cc1OC. The fourth-order valence-corrected chi connectivity index (χ4v) is 3.22. The quantitative estimate of drug-likeness (QED) is 0.520. The molecular weight excluding hydrogens is 431 g/mol. The van der Waals surface area contributed by atoms with Crippen molar-refractivity contribution < 1.29 is 23.9 Å². The Morgan fingerprint density at radius 3 is 2.43 bits per heavy atom. The Labute approximate surface area is 183 Å². The molecule has 1 aliphatic rings. The number of hydrogen-bond acceptors (Lipinski definition) is 5. The van der Waals surface area contributed by atoms with E-state index in [2.05, 4.69) is 5.32 Å². The van der Waals surface area contributed by atoms with E-state index in [0.29, 0.717) is 28.7 Å². The fraction of sp³-hybridized carbons (Fsp3) is 0.190. The van der Waals surface area contributed by atoms with E-state index >= 15 is 0 Å². The van der Waals surface area contributed by atoms with Gasteiger partial charge in [-0.3, -0.25) is 14.9 Å². The van der Waals surface area contributed by atoms with Gasteiger partial charge in [-0.05, 0) is 54.5 Å². The normalized spacial score (nSPS) is 15.4. The van der Waals surface area contributed by atoms with Gasteiger partial charge in [0.1, 0.15) is 5.57 Å². The van der Waals surface area contributed by atoms with Crippen LogP contribution in [0.4, 0.5) is 10.5 Å². The highest BCUT2D eigenvalue weighted by atomic mass is 35.5. The second kappa shape index (κ2) is 9.19. The minimum atomic E-state index is -0.844. The average Bonchev–Trinajstić information content (AvgIpc) is 2.71. The highest BCUT2D eigenvalue weighted by Gasteiger charge is 2.36. The van der Waals surface area contributed by atoms with E-state index in [-0.39, 0.29) is 16.3 Å². The van der Waals surface area contributed by atoms with Crippen LogP contribution in [0.5, 0.6) is 11.5 Å². The van der Waals surface area contributed by atoms with Gasteiger partial charge in [0.05, 0.1) is 24.4 Å². The molecule has 0 unspecified atom stereocenters. The van der Waals surface area contributed by atoms with Gasteiger partial charge in [-0.2, -0.15) is 0 Å². The zero-order chi connectivity index (χ0) is 21.8. The molecule has 1 N–H and O–H groups in total. The summed E-state index contributed by atoms with van der Waals surface area (Å²) in [6, 6.07) is 8.39. The molecule has 30 heavy (non-hydrogen) atoms. The summed E-state index contributed by atoms with van der Waals surface area (Å²) < 4.78 is 10.9. The van der Waals surface area contributed by atoms with Gasteiger partial charge >= 0.3 is 6.03 Å². The van der Waals surface area contributed by atoms with Crippen LogP contribution in [0.15, 0.2) is 42.0 Å². The van der Waals surface area contributed by atoms with E-state index < -0.39 is 17.8 Å². The minimum Gasteiger partial charge on any atom is -0.493 e. The summed E-state index contributed by atoms with van der Waals surface area (Å²) in [5, 5.41) is 2.88. The Morgan fingerprint density at radius 1 is 1.10 bits per heavy atom. The largest absolute Gasteiger partial charge is 0.493 e. The number of amides is 4. The van der Waals surface area contributed by atoms with E-state index in [0.717, 1.165) is 11.3 Å². The van der Waals surface area contributed by atoms with Crippen LogP contribution in [0.2, 0.25) is 10.0 Å². The number of benzene rings is 2. The number of anilines is 1. The van der Waals surface area contributed by atoms with Crippen molar-refractivity contribution in [1.82, 2.24) is 5.32 Å². The molecule has 0 spiro atoms. The first-order valence-electron chi connectivity index (χ1n) is 9.03. The number of hydrogen-bond donors (Lipinski definition) is 1. The molecule has 4 amide bonds. The van der Waals surface area contributed by atoms with Crippen LogP contribution in [0.1, 0.15) is 18.9 Å². The number of halogens is 2. The van der Waals surface area contributed by atoms with Gasteiger partial charge in [-0.25, -0.2) is 9.69 Å². The van der Waals surface area contributed by atoms with Crippen molar-refractivity contribution in [3.63, 3.8) is 0 Å². The van der Waals surface area contributed by atoms with E-state index in [1.165, 1.54) is 37.5 Å². The summed E-state index contributed by atoms with van der Waals surface area (Å²) in [7, 11) is 1.46. The Balaban J connectivity index is 2.00. The van der Waals surface area contributed by atoms with E-state index in [1.54, 1.807) is 12.1 Å². The monoisotopic (exact) mass is 448 g/mol. The zero-order valence-corrected chi connectivity index (χ0v) is 17.7. The smallest absolute Gasteiger partial charge is 0.335 e. The topological polar surface area (TPSA) is 84.9 Å². The zero-order valence-electron chi connectivity index (χ0n) is 16.2. The van der Waals surface area contributed by atoms with Crippen molar-refractivity contribution in [2.45, 2.75) is 13.3 Å². The van der Waals surface area contributed by atoms with Crippen molar-refractivity contribution in [2.24, 2.45) is 0 Å². The van der Waals surface area contributed by atoms with Crippen LogP contribution in [0.25, 0.3) is 6.08 Å². The number of carbonyl (C=O) groups is 3. The van der Waals surface area contributed by atoms with Gasteiger partial charge < -0.3 is 9.47 Å². The van der Waals surface area contributed by atoms with Crippen LogP contribution in [-0.4, -0.2) is 31.6 Å². The molecule has 3 rings (SSSR count). The summed E-state index contributed by atoms with van der Waals surface area (Å²) in [6.07, 6.45) is 2.12. The number of carbonyl (C=O) groups excluding carboxylic acids is 3. The summed E-state index contributed by atoms with van der Waals surface area (Å²) in [6.45, 7) is 2.41. The van der Waals surface area contributed by atoms with Gasteiger partial charge in [-0.15, -0.1) is 0 Å². The molecule has 0 saturated carbocycles. The summed E-state index contributed by atoms with van der Waals surface area (Å²) in [4.78, 5) is 38.4. The molecule has 1 fully saturated rings. The molecule has 0 aromatic heterocycles. The standard InChI is InChI=1S/C21H18Cl2N2O5/c1-3-8-30-18-16(23)10-12(11-17(18)29-2)9-15-19(26)24-21(28)25(20(15)27)14-6-4-13(22)5-7-14/h4-7,9-11H,3,8H2,1-2H3,(H,24,26,28)/b15-9+. The van der Waals surface area contributed by atoms with Gasteiger partial charge in [0.2, 0.25) is 0 Å². The molecule has 1 heterocycles. The number of urea groups is 1. The maximum Gasteiger partial charge on any atom is 0.335 e. The van der Waals surface area contributed by atoms with E-state index in [9.17, 15) is 14.4 Å². The third kappa shape index (κ3) is 4.42. The molecule has 9 heteroatoms. The molecule has 0 radical (unpaired) electrons. The summed E-state index contributed by atoms with van der Waals surface area (Å²) in [5.74, 6) is -0.846. The maximum atomic E-state index is 12.9. The van der Waals surface area contributed by atoms with Crippen molar-refractivity contribution in [1.29, 1.82) is 0 Å². The molecule has 7 nitrogen and oxygen atoms in total. The first kappa shape index (κ1) is 21.7. The second-order valence-electron chi connectivity index (χ2n) is 6.32. The van der Waals surface area contributed by atoms with Crippen LogP contribution in [-0.2, 0) is 9.59 Å². The van der Waals surface area contributed by atoms with Crippen molar-refractivity contribution >= 4 is 52.8 Å². The Hall–Kier alpha value is -3.03. The third-order valence-electron chi connectivity index (χ3n) is 4.20. The predicted molar refractivity (Wildman–Crippen MR) is 114 cm³/mol. The molecule has 0 aliphatic carbocycles. The number of nitrogens with one attached hydrogen (secondary N) is 1. The van der Waals surface area contributed by atoms with Gasteiger partial charge in [0.25, 0.3) is 11.8 Å². The van der Waals surface area contributed by atoms with Crippen LogP contribution >= 0.6 is 23.2 Å². The molecule has 2 aromatic rings. The van der Waals surface area contributed by atoms with Crippen molar-refractivity contribution in [2.75, 3.05) is 18.6 Å². The van der Waals surface area contributed by atoms with Crippen molar-refractivity contribution in [3.05, 3.63) is 57.6 Å². The number of methoxy groups -OCH3 is 1. The van der Waals surface area contributed by atoms with Crippen LogP contribution in [0, 0.1) is 0 Å². The number of ether oxygens (including phenoxy) is 2. The minimum absolute atomic E-state index is 0.232. The van der Waals surface area contributed by atoms with Gasteiger partial charge in [-0.1, -0.05) is 30.1 Å². The molecule has 2 aromatic carbocycles. The van der Waals surface area contributed by atoms with E-state index in [1.807, 2.05) is 6.92 Å². The van der Waals surface area contributed by atoms with E-state index in [4.69, 9.17) is 32.7 Å². The average molecular weight is 449 g/mol. The number of imide groups is 2. The first-order chi connectivity index (χ1) is 14.3. The summed E-state index contributed by atoms with van der Waals surface area (Å²) in [5.41, 5.74) is 0.480. The first-order valence-corrected chi connectivity index (χ1v) is 9.78. The van der Waals surface area contributed by atoms with Crippen LogP contribution < -0.4 is 19.7 Å². The second-order valence-corrected chi connectivity index (χ2v) is 7.16. The predicted octanol–water partition coefficient (Wildman–Crippen LogP) is 4.46. The maximum absolute atomic E-state index is 12.9. The molecule has 1 saturated heterocycles. The van der Waals surface area contributed by atoms with Gasteiger partial charge in [0.15, 0.2) is 11.5 Å². The lowest BCUT2D eigenvalue weighted by molar-refractivity contribution is -0.122. The highest BCUT2D eigenvalue weighted by Crippen LogP contribution is 2.37. The Morgan fingerprint density at radius 2 is 1.80 bits per heavy atom. The number of rotatable bonds is 6. The molecule has 156 valence electrons. The molecule has 0 atom stereocenters. The van der Waals surface area contributed by atoms with Gasteiger partial charge in [0, 0.05) is 5.02 Å². The van der Waals surface area contributed by atoms with Crippen molar-refractivity contribution in [3.8, 4) is 11.5 Å². The lowest BCUT2D eigenvalue weighted by Gasteiger charge is -2.26. The lowest BCUT2D eigenvalue weighted by Crippen LogP contribution is -2.54. The molecule has 1 aliphatic heterocycles. The summed E-state index contributed by atoms with van der Waals surface area (Å²) >= 11 is 12.2. The Bertz CT molecular complexity index is 1030. The lowest BCUT2D eigenvalue weighted by atomic mass is 10.1. The molecule has 0 bridgehead atoms. The number of barbiturate groups is 1. The fourth-order valence-electron chi connectivity index (χ4n) is 2.82. The molecular formula is C21H18Cl2N2O5. The number of nitrogens with zero attached hydrogens (tertiary/aromatic N) is 1. The highest BCUT2D eigenvalue weighted by molar-refractivity contribution is 6.39.